The Hall–Kier alpha value is -0.280. The number of nitrogens with two attached hydrogens (primary N) is 1. The summed E-state index contributed by atoms with van der Waals surface area (Å²) in [5.41, 5.74) is 5.86. The van der Waals surface area contributed by atoms with E-state index >= 15 is 0 Å². The second kappa shape index (κ2) is 5.38. The topological polar surface area (TPSA) is 46.3 Å². The first kappa shape index (κ1) is 14.1. The van der Waals surface area contributed by atoms with E-state index in [0.29, 0.717) is 30.3 Å². The lowest BCUT2D eigenvalue weighted by atomic mass is 9.90. The van der Waals surface area contributed by atoms with E-state index in [9.17, 15) is 4.79 Å². The highest BCUT2D eigenvalue weighted by atomic mass is 35.5. The van der Waals surface area contributed by atoms with Crippen LogP contribution in [0.2, 0.25) is 0 Å². The third kappa shape index (κ3) is 2.16. The highest BCUT2D eigenvalue weighted by molar-refractivity contribution is 5.85. The zero-order valence-electron chi connectivity index (χ0n) is 11.2. The van der Waals surface area contributed by atoms with E-state index in [1.165, 1.54) is 25.7 Å². The van der Waals surface area contributed by atoms with Gasteiger partial charge in [-0.05, 0) is 43.4 Å². The van der Waals surface area contributed by atoms with Crippen LogP contribution in [-0.2, 0) is 4.79 Å². The molecule has 0 bridgehead atoms. The van der Waals surface area contributed by atoms with E-state index in [1.54, 1.807) is 0 Å². The molecule has 3 aliphatic rings. The Morgan fingerprint density at radius 2 is 1.89 bits per heavy atom. The van der Waals surface area contributed by atoms with Gasteiger partial charge in [-0.25, -0.2) is 0 Å². The minimum atomic E-state index is 0. The highest BCUT2D eigenvalue weighted by Crippen LogP contribution is 2.58. The smallest absolute Gasteiger partial charge is 0.226 e. The third-order valence-electron chi connectivity index (χ3n) is 5.33. The van der Waals surface area contributed by atoms with Crippen LogP contribution >= 0.6 is 12.4 Å². The Labute approximate surface area is 116 Å². The molecule has 2 aliphatic carbocycles. The van der Waals surface area contributed by atoms with Gasteiger partial charge in [0.2, 0.25) is 5.91 Å². The maximum Gasteiger partial charge on any atom is 0.226 e. The predicted molar refractivity (Wildman–Crippen MR) is 74.5 cm³/mol. The molecule has 3 nitrogen and oxygen atoms in total. The maximum absolute atomic E-state index is 12.6. The van der Waals surface area contributed by atoms with Gasteiger partial charge in [-0.3, -0.25) is 4.79 Å². The van der Waals surface area contributed by atoms with E-state index in [1.807, 2.05) is 0 Å². The SMILES string of the molecule is CC1CCCN(C(=O)C2C3CCCC32)C1CN.Cl. The Morgan fingerprint density at radius 3 is 2.50 bits per heavy atom. The minimum Gasteiger partial charge on any atom is -0.338 e. The fourth-order valence-corrected chi connectivity index (χ4v) is 4.26. The van der Waals surface area contributed by atoms with Crippen molar-refractivity contribution >= 4 is 18.3 Å². The average molecular weight is 273 g/mol. The quantitative estimate of drug-likeness (QED) is 0.836. The summed E-state index contributed by atoms with van der Waals surface area (Å²) in [4.78, 5) is 14.7. The summed E-state index contributed by atoms with van der Waals surface area (Å²) in [6.45, 7) is 3.82. The van der Waals surface area contributed by atoms with Crippen molar-refractivity contribution in [2.45, 2.75) is 45.1 Å². The molecule has 2 saturated carbocycles. The van der Waals surface area contributed by atoms with Gasteiger partial charge in [0, 0.05) is 25.0 Å². The summed E-state index contributed by atoms with van der Waals surface area (Å²) in [5, 5.41) is 0. The number of fused-ring (bicyclic) bond motifs is 1. The molecule has 3 fully saturated rings. The van der Waals surface area contributed by atoms with Crippen molar-refractivity contribution in [3.05, 3.63) is 0 Å². The van der Waals surface area contributed by atoms with Gasteiger partial charge in [0.1, 0.15) is 0 Å². The number of hydrogen-bond donors (Lipinski definition) is 1. The number of halogens is 1. The van der Waals surface area contributed by atoms with E-state index in [-0.39, 0.29) is 12.4 Å². The van der Waals surface area contributed by atoms with Crippen LogP contribution in [0.25, 0.3) is 0 Å². The van der Waals surface area contributed by atoms with Crippen molar-refractivity contribution in [3.8, 4) is 0 Å². The predicted octanol–water partition coefficient (Wildman–Crippen LogP) is 2.04. The van der Waals surface area contributed by atoms with Gasteiger partial charge in [-0.15, -0.1) is 12.4 Å². The molecule has 2 N–H and O–H groups in total. The summed E-state index contributed by atoms with van der Waals surface area (Å²) < 4.78 is 0. The number of carbonyl (C=O) groups excluding carboxylic acids is 1. The molecule has 4 atom stereocenters. The number of amides is 1. The first-order chi connectivity index (χ1) is 8.24. The first-order valence-electron chi connectivity index (χ1n) is 7.24. The molecule has 4 heteroatoms. The largest absolute Gasteiger partial charge is 0.338 e. The molecule has 0 aromatic rings. The fraction of sp³-hybridized carbons (Fsp3) is 0.929. The molecule has 1 amide bonds. The monoisotopic (exact) mass is 272 g/mol. The van der Waals surface area contributed by atoms with Gasteiger partial charge in [-0.2, -0.15) is 0 Å². The molecule has 4 unspecified atom stereocenters. The Bertz CT molecular complexity index is 313. The van der Waals surface area contributed by atoms with Crippen molar-refractivity contribution in [2.75, 3.05) is 13.1 Å². The molecular weight excluding hydrogens is 248 g/mol. The summed E-state index contributed by atoms with van der Waals surface area (Å²) >= 11 is 0. The summed E-state index contributed by atoms with van der Waals surface area (Å²) in [6, 6.07) is 0.303. The van der Waals surface area contributed by atoms with Crippen LogP contribution in [0.3, 0.4) is 0 Å². The molecule has 3 rings (SSSR count). The van der Waals surface area contributed by atoms with Gasteiger partial charge >= 0.3 is 0 Å². The van der Waals surface area contributed by atoms with Crippen LogP contribution in [0.15, 0.2) is 0 Å². The van der Waals surface area contributed by atoms with E-state index < -0.39 is 0 Å². The molecule has 18 heavy (non-hydrogen) atoms. The zero-order chi connectivity index (χ0) is 12.0. The second-order valence-electron chi connectivity index (χ2n) is 6.24. The molecule has 1 saturated heterocycles. The standard InChI is InChI=1S/C14H24N2O.ClH/c1-9-4-3-7-16(12(9)8-15)14(17)13-10-5-2-6-11(10)13;/h9-13H,2-8,15H2,1H3;1H. The van der Waals surface area contributed by atoms with E-state index in [0.717, 1.165) is 24.8 Å². The van der Waals surface area contributed by atoms with Crippen LogP contribution in [-0.4, -0.2) is 29.9 Å². The van der Waals surface area contributed by atoms with Crippen molar-refractivity contribution in [2.24, 2.45) is 29.4 Å². The summed E-state index contributed by atoms with van der Waals surface area (Å²) in [5.74, 6) is 2.86. The Balaban J connectivity index is 0.00000120. The summed E-state index contributed by atoms with van der Waals surface area (Å²) in [6.07, 6.45) is 6.31. The third-order valence-corrected chi connectivity index (χ3v) is 5.33. The molecule has 1 heterocycles. The van der Waals surface area contributed by atoms with Gasteiger partial charge in [-0.1, -0.05) is 13.3 Å². The van der Waals surface area contributed by atoms with Crippen molar-refractivity contribution in [1.82, 2.24) is 4.90 Å². The second-order valence-corrected chi connectivity index (χ2v) is 6.24. The molecule has 0 radical (unpaired) electrons. The average Bonchev–Trinajstić information content (AvgIpc) is 2.81. The number of hydrogen-bond acceptors (Lipinski definition) is 2. The van der Waals surface area contributed by atoms with Crippen LogP contribution in [0.5, 0.6) is 0 Å². The number of likely N-dealkylation sites (tertiary alicyclic amines) is 1. The molecule has 0 spiro atoms. The van der Waals surface area contributed by atoms with Gasteiger partial charge in [0.15, 0.2) is 0 Å². The molecular formula is C14H25ClN2O. The first-order valence-corrected chi connectivity index (χ1v) is 7.24. The molecule has 0 aromatic carbocycles. The van der Waals surface area contributed by atoms with Gasteiger partial charge < -0.3 is 10.6 Å². The van der Waals surface area contributed by atoms with Crippen LogP contribution < -0.4 is 5.73 Å². The normalized spacial score (nSPS) is 42.1. The van der Waals surface area contributed by atoms with Crippen molar-refractivity contribution < 1.29 is 4.79 Å². The van der Waals surface area contributed by atoms with Crippen LogP contribution in [0.4, 0.5) is 0 Å². The van der Waals surface area contributed by atoms with Gasteiger partial charge in [0.05, 0.1) is 0 Å². The molecule has 1 aliphatic heterocycles. The Morgan fingerprint density at radius 1 is 1.22 bits per heavy atom. The van der Waals surface area contributed by atoms with Crippen molar-refractivity contribution in [1.29, 1.82) is 0 Å². The number of carbonyl (C=O) groups is 1. The molecule has 104 valence electrons. The molecule has 0 aromatic heterocycles. The van der Waals surface area contributed by atoms with Crippen molar-refractivity contribution in [3.63, 3.8) is 0 Å². The lowest BCUT2D eigenvalue weighted by Gasteiger charge is -2.40. The maximum atomic E-state index is 12.6. The highest BCUT2D eigenvalue weighted by Gasteiger charge is 2.58. The lowest BCUT2D eigenvalue weighted by Crippen LogP contribution is -2.52. The van der Waals surface area contributed by atoms with Crippen LogP contribution in [0, 0.1) is 23.7 Å². The lowest BCUT2D eigenvalue weighted by molar-refractivity contribution is -0.138. The fourth-order valence-electron chi connectivity index (χ4n) is 4.26. The van der Waals surface area contributed by atoms with E-state index in [2.05, 4.69) is 11.8 Å². The van der Waals surface area contributed by atoms with E-state index in [4.69, 9.17) is 5.73 Å². The van der Waals surface area contributed by atoms with Crippen LogP contribution in [0.1, 0.15) is 39.0 Å². The summed E-state index contributed by atoms with van der Waals surface area (Å²) in [7, 11) is 0. The number of nitrogens with zero attached hydrogens (tertiary/aromatic N) is 1. The zero-order valence-corrected chi connectivity index (χ0v) is 12.0. The Kier molecular flexibility index (Phi) is 4.22. The minimum absolute atomic E-state index is 0. The number of piperidine rings is 1. The van der Waals surface area contributed by atoms with Gasteiger partial charge in [0.25, 0.3) is 0 Å². The number of rotatable bonds is 2.